The summed E-state index contributed by atoms with van der Waals surface area (Å²) >= 11 is 0. The number of fused-ring (bicyclic) bond motifs is 1. The number of morpholine rings is 1. The van der Waals surface area contributed by atoms with Crippen LogP contribution in [0.5, 0.6) is 0 Å². The minimum Gasteiger partial charge on any atom is -0.375 e. The molecule has 3 rings (SSSR count). The number of rotatable bonds is 4. The number of piperidine rings is 1. The third-order valence-corrected chi connectivity index (χ3v) is 7.16. The predicted molar refractivity (Wildman–Crippen MR) is 81.3 cm³/mol. The van der Waals surface area contributed by atoms with Gasteiger partial charge in [-0.1, -0.05) is 6.42 Å². The fourth-order valence-electron chi connectivity index (χ4n) is 4.03. The van der Waals surface area contributed by atoms with E-state index in [0.29, 0.717) is 19.7 Å². The summed E-state index contributed by atoms with van der Waals surface area (Å²) in [6.07, 6.45) is 6.16. The van der Waals surface area contributed by atoms with Gasteiger partial charge in [0.25, 0.3) is 10.2 Å². The number of hydrogen-bond acceptors (Lipinski definition) is 4. The Bertz CT molecular complexity index is 454. The van der Waals surface area contributed by atoms with Gasteiger partial charge < -0.3 is 10.1 Å². The highest BCUT2D eigenvalue weighted by atomic mass is 32.2. The summed E-state index contributed by atoms with van der Waals surface area (Å²) in [6, 6.07) is 0.150. The molecule has 7 heteroatoms. The van der Waals surface area contributed by atoms with E-state index in [9.17, 15) is 8.42 Å². The van der Waals surface area contributed by atoms with Gasteiger partial charge >= 0.3 is 0 Å². The van der Waals surface area contributed by atoms with Crippen molar-refractivity contribution in [1.82, 2.24) is 13.9 Å². The summed E-state index contributed by atoms with van der Waals surface area (Å²) in [5, 5.41) is 3.14. The van der Waals surface area contributed by atoms with Gasteiger partial charge in [-0.15, -0.1) is 0 Å². The quantitative estimate of drug-likeness (QED) is 0.823. The van der Waals surface area contributed by atoms with Crippen LogP contribution in [-0.4, -0.2) is 68.5 Å². The standard InChI is InChI=1S/C14H27N3O3S/c1-15-11-12-5-2-3-8-16(12)21(18,19)17-9-10-20-14-7-4-6-13(14)17/h12-15H,2-11H2,1H3. The second kappa shape index (κ2) is 6.50. The van der Waals surface area contributed by atoms with Crippen LogP contribution in [-0.2, 0) is 14.9 Å². The highest BCUT2D eigenvalue weighted by Gasteiger charge is 2.45. The molecule has 6 nitrogen and oxygen atoms in total. The first kappa shape index (κ1) is 15.7. The summed E-state index contributed by atoms with van der Waals surface area (Å²) in [4.78, 5) is 0. The van der Waals surface area contributed by atoms with Gasteiger partial charge in [0.05, 0.1) is 18.8 Å². The molecule has 1 aliphatic carbocycles. The topological polar surface area (TPSA) is 61.9 Å². The van der Waals surface area contributed by atoms with E-state index in [1.807, 2.05) is 7.05 Å². The van der Waals surface area contributed by atoms with Gasteiger partial charge in [-0.25, -0.2) is 0 Å². The monoisotopic (exact) mass is 317 g/mol. The number of nitrogens with zero attached hydrogens (tertiary/aromatic N) is 2. The van der Waals surface area contributed by atoms with Crippen LogP contribution < -0.4 is 5.32 Å². The number of likely N-dealkylation sites (N-methyl/N-ethyl adjacent to an activating group) is 1. The molecule has 2 aliphatic heterocycles. The second-order valence-electron chi connectivity index (χ2n) is 6.34. The Labute approximate surface area is 128 Å². The van der Waals surface area contributed by atoms with E-state index in [0.717, 1.165) is 45.1 Å². The molecule has 0 aromatic heterocycles. The zero-order valence-corrected chi connectivity index (χ0v) is 13.6. The Kier molecular flexibility index (Phi) is 4.85. The summed E-state index contributed by atoms with van der Waals surface area (Å²) in [7, 11) is -1.47. The van der Waals surface area contributed by atoms with Gasteiger partial charge in [0.2, 0.25) is 0 Å². The van der Waals surface area contributed by atoms with Crippen molar-refractivity contribution in [3.8, 4) is 0 Å². The summed E-state index contributed by atoms with van der Waals surface area (Å²) in [6.45, 7) is 2.43. The van der Waals surface area contributed by atoms with Crippen LogP contribution in [0.4, 0.5) is 0 Å². The first-order chi connectivity index (χ1) is 10.1. The molecule has 122 valence electrons. The zero-order valence-electron chi connectivity index (χ0n) is 12.8. The van der Waals surface area contributed by atoms with Crippen LogP contribution in [0.2, 0.25) is 0 Å². The number of hydrogen-bond donors (Lipinski definition) is 1. The first-order valence-corrected chi connectivity index (χ1v) is 9.59. The Morgan fingerprint density at radius 3 is 2.76 bits per heavy atom. The van der Waals surface area contributed by atoms with Crippen molar-refractivity contribution in [2.45, 2.75) is 56.7 Å². The molecule has 3 unspecified atom stereocenters. The van der Waals surface area contributed by atoms with Crippen molar-refractivity contribution in [1.29, 1.82) is 0 Å². The highest BCUT2D eigenvalue weighted by molar-refractivity contribution is 7.86. The second-order valence-corrected chi connectivity index (χ2v) is 8.18. The van der Waals surface area contributed by atoms with Gasteiger partial charge in [0, 0.05) is 25.7 Å². The highest BCUT2D eigenvalue weighted by Crippen LogP contribution is 2.33. The molecule has 2 heterocycles. The summed E-state index contributed by atoms with van der Waals surface area (Å²) < 4.78 is 35.5. The van der Waals surface area contributed by atoms with Crippen molar-refractivity contribution in [2.75, 3.05) is 33.3 Å². The molecule has 0 spiro atoms. The Hall–Kier alpha value is -0.210. The van der Waals surface area contributed by atoms with Gasteiger partial charge in [-0.05, 0) is 39.2 Å². The molecule has 3 aliphatic rings. The number of nitrogens with one attached hydrogen (secondary N) is 1. The zero-order chi connectivity index (χ0) is 14.9. The molecule has 2 saturated heterocycles. The lowest BCUT2D eigenvalue weighted by molar-refractivity contribution is -0.0268. The molecular weight excluding hydrogens is 290 g/mol. The minimum absolute atomic E-state index is 0.0564. The third-order valence-electron chi connectivity index (χ3n) is 5.04. The van der Waals surface area contributed by atoms with Gasteiger partial charge in [-0.2, -0.15) is 17.0 Å². The summed E-state index contributed by atoms with van der Waals surface area (Å²) in [5.74, 6) is 0. The summed E-state index contributed by atoms with van der Waals surface area (Å²) in [5.41, 5.74) is 0. The number of ether oxygens (including phenoxy) is 1. The first-order valence-electron chi connectivity index (χ1n) is 8.19. The average Bonchev–Trinajstić information content (AvgIpc) is 2.96. The largest absolute Gasteiger partial charge is 0.375 e. The molecule has 0 bridgehead atoms. The van der Waals surface area contributed by atoms with Crippen molar-refractivity contribution in [2.24, 2.45) is 0 Å². The molecule has 0 aromatic carbocycles. The van der Waals surface area contributed by atoms with E-state index in [2.05, 4.69) is 5.32 Å². The van der Waals surface area contributed by atoms with E-state index in [1.54, 1.807) is 8.61 Å². The predicted octanol–water partition coefficient (Wildman–Crippen LogP) is 0.558. The smallest absolute Gasteiger partial charge is 0.282 e. The Balaban J connectivity index is 1.80. The maximum atomic E-state index is 13.1. The Morgan fingerprint density at radius 1 is 1.10 bits per heavy atom. The van der Waals surface area contributed by atoms with Crippen LogP contribution in [0.25, 0.3) is 0 Å². The maximum absolute atomic E-state index is 13.1. The van der Waals surface area contributed by atoms with Crippen molar-refractivity contribution in [3.05, 3.63) is 0 Å². The van der Waals surface area contributed by atoms with Gasteiger partial charge in [0.1, 0.15) is 0 Å². The van der Waals surface area contributed by atoms with Crippen LogP contribution in [0.15, 0.2) is 0 Å². The van der Waals surface area contributed by atoms with E-state index in [1.165, 1.54) is 0 Å². The van der Waals surface area contributed by atoms with E-state index in [-0.39, 0.29) is 18.2 Å². The van der Waals surface area contributed by atoms with E-state index in [4.69, 9.17) is 4.74 Å². The SMILES string of the molecule is CNCC1CCCCN1S(=O)(=O)N1CCOC2CCCC21. The lowest BCUT2D eigenvalue weighted by Crippen LogP contribution is -2.59. The molecule has 21 heavy (non-hydrogen) atoms. The van der Waals surface area contributed by atoms with Crippen molar-refractivity contribution < 1.29 is 13.2 Å². The van der Waals surface area contributed by atoms with Crippen LogP contribution >= 0.6 is 0 Å². The normalized spacial score (nSPS) is 35.8. The van der Waals surface area contributed by atoms with Crippen molar-refractivity contribution >= 4 is 10.2 Å². The van der Waals surface area contributed by atoms with Gasteiger partial charge in [-0.3, -0.25) is 0 Å². The van der Waals surface area contributed by atoms with Crippen LogP contribution in [0, 0.1) is 0 Å². The molecule has 3 atom stereocenters. The lowest BCUT2D eigenvalue weighted by Gasteiger charge is -2.43. The van der Waals surface area contributed by atoms with Crippen LogP contribution in [0.1, 0.15) is 38.5 Å². The fraction of sp³-hybridized carbons (Fsp3) is 1.00. The Morgan fingerprint density at radius 2 is 1.95 bits per heavy atom. The molecule has 0 radical (unpaired) electrons. The fourth-order valence-corrected chi connectivity index (χ4v) is 6.10. The van der Waals surface area contributed by atoms with Crippen LogP contribution in [0.3, 0.4) is 0 Å². The maximum Gasteiger partial charge on any atom is 0.282 e. The van der Waals surface area contributed by atoms with Crippen molar-refractivity contribution in [3.63, 3.8) is 0 Å². The van der Waals surface area contributed by atoms with E-state index < -0.39 is 10.2 Å². The molecule has 3 fully saturated rings. The third kappa shape index (κ3) is 2.99. The average molecular weight is 317 g/mol. The molecule has 1 N–H and O–H groups in total. The molecule has 0 aromatic rings. The van der Waals surface area contributed by atoms with Gasteiger partial charge in [0.15, 0.2) is 0 Å². The molecule has 1 saturated carbocycles. The minimum atomic E-state index is -3.36. The lowest BCUT2D eigenvalue weighted by atomic mass is 10.1. The van der Waals surface area contributed by atoms with E-state index >= 15 is 0 Å². The molecule has 0 amide bonds. The molecular formula is C14H27N3O3S.